The highest BCUT2D eigenvalue weighted by atomic mass is 16.5. The maximum Gasteiger partial charge on any atom is 0.260 e. The predicted molar refractivity (Wildman–Crippen MR) is 95.0 cm³/mol. The van der Waals surface area contributed by atoms with Crippen molar-refractivity contribution in [1.29, 1.82) is 0 Å². The number of benzene rings is 2. The van der Waals surface area contributed by atoms with Crippen molar-refractivity contribution in [3.8, 4) is 11.5 Å². The van der Waals surface area contributed by atoms with E-state index in [9.17, 15) is 4.79 Å². The minimum Gasteiger partial charge on any atom is -0.497 e. The van der Waals surface area contributed by atoms with Gasteiger partial charge in [-0.05, 0) is 24.3 Å². The molecule has 25 heavy (non-hydrogen) atoms. The lowest BCUT2D eigenvalue weighted by Gasteiger charge is -2.07. The van der Waals surface area contributed by atoms with Gasteiger partial charge in [-0.1, -0.05) is 12.1 Å². The van der Waals surface area contributed by atoms with Crippen molar-refractivity contribution in [3.63, 3.8) is 0 Å². The number of fused-ring (bicyclic) bond motifs is 1. The molecule has 0 aliphatic heterocycles. The molecule has 1 amide bonds. The Labute approximate surface area is 144 Å². The average molecular weight is 338 g/mol. The first-order chi connectivity index (χ1) is 12.2. The van der Waals surface area contributed by atoms with Gasteiger partial charge in [0.2, 0.25) is 0 Å². The van der Waals surface area contributed by atoms with E-state index in [1.54, 1.807) is 43.3 Å². The van der Waals surface area contributed by atoms with Gasteiger partial charge < -0.3 is 14.0 Å². The van der Waals surface area contributed by atoms with Crippen LogP contribution in [0.25, 0.3) is 11.0 Å². The topological polar surface area (TPSA) is 77.7 Å². The Kier molecular flexibility index (Phi) is 4.94. The van der Waals surface area contributed by atoms with Gasteiger partial charge in [-0.25, -0.2) is 10.4 Å². The molecule has 0 bridgehead atoms. The third-order valence-electron chi connectivity index (χ3n) is 3.67. The van der Waals surface area contributed by atoms with E-state index in [0.29, 0.717) is 11.5 Å². The predicted octanol–water partition coefficient (Wildman–Crippen LogP) is 2.20. The molecule has 1 heterocycles. The molecule has 7 nitrogen and oxygen atoms in total. The molecule has 3 rings (SSSR count). The maximum absolute atomic E-state index is 12.1. The molecule has 0 aliphatic carbocycles. The van der Waals surface area contributed by atoms with Crippen molar-refractivity contribution in [2.45, 2.75) is 6.54 Å². The fourth-order valence-electron chi connectivity index (χ4n) is 2.43. The molecule has 0 saturated heterocycles. The molecule has 0 saturated carbocycles. The summed E-state index contributed by atoms with van der Waals surface area (Å²) in [6.45, 7) is 0.137. The molecule has 0 aliphatic rings. The second-order valence-electron chi connectivity index (χ2n) is 5.26. The number of nitrogens with zero attached hydrogens (tertiary/aromatic N) is 3. The van der Waals surface area contributed by atoms with Gasteiger partial charge in [0, 0.05) is 11.6 Å². The highest BCUT2D eigenvalue weighted by molar-refractivity contribution is 5.86. The quantitative estimate of drug-likeness (QED) is 0.552. The van der Waals surface area contributed by atoms with E-state index in [2.05, 4.69) is 15.5 Å². The summed E-state index contributed by atoms with van der Waals surface area (Å²) in [7, 11) is 3.15. The van der Waals surface area contributed by atoms with Crippen molar-refractivity contribution in [1.82, 2.24) is 15.0 Å². The molecule has 1 aromatic heterocycles. The number of para-hydroxylation sites is 2. The average Bonchev–Trinajstić information content (AvgIpc) is 3.05. The Bertz CT molecular complexity index is 918. The highest BCUT2D eigenvalue weighted by Crippen LogP contribution is 2.22. The third kappa shape index (κ3) is 3.77. The Hall–Kier alpha value is -3.35. The van der Waals surface area contributed by atoms with E-state index in [0.717, 1.165) is 16.6 Å². The lowest BCUT2D eigenvalue weighted by atomic mass is 10.2. The number of hydrogen-bond donors (Lipinski definition) is 1. The lowest BCUT2D eigenvalue weighted by Crippen LogP contribution is -2.22. The molecule has 0 atom stereocenters. The SMILES string of the molecule is COc1ccc(C=NNC(=O)Cn2cnc3ccccc32)c(OC)c1. The number of amides is 1. The van der Waals surface area contributed by atoms with Crippen LogP contribution in [0.3, 0.4) is 0 Å². The Morgan fingerprint density at radius 2 is 2.08 bits per heavy atom. The minimum absolute atomic E-state index is 0.137. The fraction of sp³-hybridized carbons (Fsp3) is 0.167. The molecule has 0 fully saturated rings. The van der Waals surface area contributed by atoms with Gasteiger partial charge >= 0.3 is 0 Å². The van der Waals surface area contributed by atoms with Crippen LogP contribution in [0, 0.1) is 0 Å². The van der Waals surface area contributed by atoms with Gasteiger partial charge in [0.25, 0.3) is 5.91 Å². The Morgan fingerprint density at radius 3 is 2.88 bits per heavy atom. The second-order valence-corrected chi connectivity index (χ2v) is 5.26. The molecule has 128 valence electrons. The second kappa shape index (κ2) is 7.48. The van der Waals surface area contributed by atoms with E-state index >= 15 is 0 Å². The smallest absolute Gasteiger partial charge is 0.260 e. The van der Waals surface area contributed by atoms with Crippen LogP contribution < -0.4 is 14.9 Å². The van der Waals surface area contributed by atoms with E-state index in [4.69, 9.17) is 9.47 Å². The number of hydrazone groups is 1. The largest absolute Gasteiger partial charge is 0.497 e. The van der Waals surface area contributed by atoms with Crippen LogP contribution in [0.5, 0.6) is 11.5 Å². The van der Waals surface area contributed by atoms with Crippen LogP contribution >= 0.6 is 0 Å². The fourth-order valence-corrected chi connectivity index (χ4v) is 2.43. The molecule has 7 heteroatoms. The summed E-state index contributed by atoms with van der Waals surface area (Å²) in [5.41, 5.74) is 4.99. The maximum atomic E-state index is 12.1. The minimum atomic E-state index is -0.244. The molecular formula is C18H18N4O3. The van der Waals surface area contributed by atoms with Crippen LogP contribution in [0.1, 0.15) is 5.56 Å². The Morgan fingerprint density at radius 1 is 1.24 bits per heavy atom. The van der Waals surface area contributed by atoms with Gasteiger partial charge in [0.15, 0.2) is 0 Å². The number of ether oxygens (including phenoxy) is 2. The highest BCUT2D eigenvalue weighted by Gasteiger charge is 2.06. The van der Waals surface area contributed by atoms with Crippen molar-refractivity contribution in [2.75, 3.05) is 14.2 Å². The molecule has 1 N–H and O–H groups in total. The van der Waals surface area contributed by atoms with E-state index < -0.39 is 0 Å². The summed E-state index contributed by atoms with van der Waals surface area (Å²) in [5, 5.41) is 3.99. The normalized spacial score (nSPS) is 11.0. The van der Waals surface area contributed by atoms with Crippen LogP contribution in [0.4, 0.5) is 0 Å². The van der Waals surface area contributed by atoms with Crippen molar-refractivity contribution >= 4 is 23.2 Å². The Balaban J connectivity index is 1.65. The first-order valence-electron chi connectivity index (χ1n) is 7.65. The van der Waals surface area contributed by atoms with Crippen molar-refractivity contribution < 1.29 is 14.3 Å². The zero-order valence-electron chi connectivity index (χ0n) is 14.0. The zero-order chi connectivity index (χ0) is 17.6. The van der Waals surface area contributed by atoms with E-state index in [1.165, 1.54) is 6.21 Å². The zero-order valence-corrected chi connectivity index (χ0v) is 14.0. The van der Waals surface area contributed by atoms with Crippen molar-refractivity contribution in [3.05, 3.63) is 54.4 Å². The molecule has 2 aromatic carbocycles. The number of imidazole rings is 1. The summed E-state index contributed by atoms with van der Waals surface area (Å²) >= 11 is 0. The van der Waals surface area contributed by atoms with Gasteiger partial charge in [0.1, 0.15) is 18.0 Å². The number of hydrogen-bond acceptors (Lipinski definition) is 5. The number of rotatable bonds is 6. The summed E-state index contributed by atoms with van der Waals surface area (Å²) < 4.78 is 12.2. The summed E-state index contributed by atoms with van der Waals surface area (Å²) in [6, 6.07) is 13.0. The number of carbonyl (C=O) groups is 1. The van der Waals surface area contributed by atoms with Gasteiger partial charge in [-0.2, -0.15) is 5.10 Å². The molecule has 3 aromatic rings. The third-order valence-corrected chi connectivity index (χ3v) is 3.67. The van der Waals surface area contributed by atoms with Gasteiger partial charge in [0.05, 0.1) is 37.8 Å². The van der Waals surface area contributed by atoms with Crippen molar-refractivity contribution in [2.24, 2.45) is 5.10 Å². The molecule has 0 unspecified atom stereocenters. The summed E-state index contributed by atoms with van der Waals surface area (Å²) in [5.74, 6) is 1.05. The lowest BCUT2D eigenvalue weighted by molar-refractivity contribution is -0.121. The monoisotopic (exact) mass is 338 g/mol. The number of carbonyl (C=O) groups excluding carboxylic acids is 1. The summed E-state index contributed by atoms with van der Waals surface area (Å²) in [6.07, 6.45) is 3.17. The molecule has 0 radical (unpaired) electrons. The standard InChI is InChI=1S/C18H18N4O3/c1-24-14-8-7-13(17(9-14)25-2)10-20-21-18(23)11-22-12-19-15-5-3-4-6-16(15)22/h3-10,12H,11H2,1-2H3,(H,21,23). The first kappa shape index (κ1) is 16.5. The van der Waals surface area contributed by atoms with Gasteiger partial charge in [-0.3, -0.25) is 4.79 Å². The number of nitrogens with one attached hydrogen (secondary N) is 1. The number of methoxy groups -OCH3 is 2. The first-order valence-corrected chi connectivity index (χ1v) is 7.65. The molecular weight excluding hydrogens is 320 g/mol. The summed E-state index contributed by atoms with van der Waals surface area (Å²) in [4.78, 5) is 16.3. The molecule has 0 spiro atoms. The van der Waals surface area contributed by atoms with Crippen LogP contribution in [0.2, 0.25) is 0 Å². The van der Waals surface area contributed by atoms with E-state index in [1.807, 2.05) is 24.3 Å². The van der Waals surface area contributed by atoms with Crippen LogP contribution in [-0.2, 0) is 11.3 Å². The number of aromatic nitrogens is 2. The van der Waals surface area contributed by atoms with E-state index in [-0.39, 0.29) is 12.5 Å². The van der Waals surface area contributed by atoms with Crippen LogP contribution in [0.15, 0.2) is 53.9 Å². The van der Waals surface area contributed by atoms with Gasteiger partial charge in [-0.15, -0.1) is 0 Å². The van der Waals surface area contributed by atoms with Crippen LogP contribution in [-0.4, -0.2) is 35.9 Å².